The van der Waals surface area contributed by atoms with E-state index in [0.717, 1.165) is 26.2 Å². The van der Waals surface area contributed by atoms with Crippen LogP contribution in [-0.2, 0) is 9.59 Å². The van der Waals surface area contributed by atoms with Gasteiger partial charge in [0.2, 0.25) is 5.91 Å². The summed E-state index contributed by atoms with van der Waals surface area (Å²) in [7, 11) is 0. The highest BCUT2D eigenvalue weighted by molar-refractivity contribution is 14.1. The van der Waals surface area contributed by atoms with E-state index in [9.17, 15) is 9.59 Å². The van der Waals surface area contributed by atoms with Crippen molar-refractivity contribution >= 4 is 34.3 Å². The van der Waals surface area contributed by atoms with E-state index in [0.29, 0.717) is 19.3 Å². The second-order valence-corrected chi connectivity index (χ2v) is 7.31. The van der Waals surface area contributed by atoms with Gasteiger partial charge in [-0.05, 0) is 35.9 Å². The van der Waals surface area contributed by atoms with E-state index in [1.54, 1.807) is 0 Å². The predicted molar refractivity (Wildman–Crippen MR) is 89.6 cm³/mol. The number of hydrogen-bond acceptors (Lipinski definition) is 3. The van der Waals surface area contributed by atoms with Crippen LogP contribution in [0.3, 0.4) is 0 Å². The number of allylic oxidation sites excluding steroid dienone is 1. The molecule has 1 aliphatic rings. The van der Waals surface area contributed by atoms with E-state index in [4.69, 9.17) is 0 Å². The Morgan fingerprint density at radius 2 is 1.75 bits per heavy atom. The molecule has 0 aromatic rings. The summed E-state index contributed by atoms with van der Waals surface area (Å²) in [5.41, 5.74) is 0. The zero-order valence-corrected chi connectivity index (χ0v) is 14.9. The molecule has 1 rings (SSSR count). The number of nitrogens with zero attached hydrogens (tertiary/aromatic N) is 2. The van der Waals surface area contributed by atoms with Crippen molar-refractivity contribution in [2.75, 3.05) is 26.2 Å². The molecule has 0 saturated carbocycles. The maximum Gasteiger partial charge on any atom is 0.222 e. The Morgan fingerprint density at radius 3 is 2.25 bits per heavy atom. The van der Waals surface area contributed by atoms with Crippen molar-refractivity contribution in [3.05, 3.63) is 9.78 Å². The molecule has 0 atom stereocenters. The summed E-state index contributed by atoms with van der Waals surface area (Å²) < 4.78 is 1.26. The Labute approximate surface area is 135 Å². The zero-order chi connectivity index (χ0) is 15.1. The lowest BCUT2D eigenvalue weighted by Crippen LogP contribution is -2.46. The van der Waals surface area contributed by atoms with Crippen LogP contribution in [0.25, 0.3) is 0 Å². The van der Waals surface area contributed by atoms with Gasteiger partial charge in [-0.1, -0.05) is 13.8 Å². The summed E-state index contributed by atoms with van der Waals surface area (Å²) >= 11 is 2.30. The third-order valence-corrected chi connectivity index (χ3v) is 3.76. The Hall–Kier alpha value is -0.590. The molecule has 114 valence electrons. The van der Waals surface area contributed by atoms with Gasteiger partial charge in [0.1, 0.15) is 5.78 Å². The summed E-state index contributed by atoms with van der Waals surface area (Å²) in [6.07, 6.45) is 3.85. The molecule has 5 heteroatoms. The number of amides is 1. The molecule has 0 aromatic carbocycles. The molecule has 0 N–H and O–H groups in total. The lowest BCUT2D eigenvalue weighted by molar-refractivity contribution is -0.132. The van der Waals surface area contributed by atoms with E-state index in [2.05, 4.69) is 40.6 Å². The van der Waals surface area contributed by atoms with Crippen LogP contribution in [0, 0.1) is 5.92 Å². The van der Waals surface area contributed by atoms with E-state index in [1.165, 1.54) is 3.58 Å². The molecule has 0 unspecified atom stereocenters. The minimum absolute atomic E-state index is 0.0805. The molecule has 1 fully saturated rings. The van der Waals surface area contributed by atoms with Gasteiger partial charge in [0.25, 0.3) is 0 Å². The van der Waals surface area contributed by atoms with Crippen molar-refractivity contribution in [2.45, 2.75) is 40.0 Å². The molecule has 1 saturated heterocycles. The molecule has 4 nitrogen and oxygen atoms in total. The van der Waals surface area contributed by atoms with Gasteiger partial charge in [-0.2, -0.15) is 0 Å². The third-order valence-electron chi connectivity index (χ3n) is 3.49. The fourth-order valence-electron chi connectivity index (χ4n) is 2.21. The Kier molecular flexibility index (Phi) is 7.55. The van der Waals surface area contributed by atoms with Crippen LogP contribution in [0.1, 0.15) is 40.0 Å². The average molecular weight is 392 g/mol. The molecule has 1 amide bonds. The van der Waals surface area contributed by atoms with E-state index < -0.39 is 0 Å². The molecule has 0 aromatic heterocycles. The van der Waals surface area contributed by atoms with Crippen molar-refractivity contribution in [3.63, 3.8) is 0 Å². The first-order valence-electron chi connectivity index (χ1n) is 7.28. The molecule has 0 aliphatic carbocycles. The highest BCUT2D eigenvalue weighted by Gasteiger charge is 2.19. The van der Waals surface area contributed by atoms with E-state index in [-0.39, 0.29) is 17.6 Å². The quantitative estimate of drug-likeness (QED) is 0.653. The number of halogens is 1. The molecular weight excluding hydrogens is 367 g/mol. The largest absolute Gasteiger partial charge is 0.373 e. The number of ketones is 1. The first-order valence-corrected chi connectivity index (χ1v) is 8.36. The van der Waals surface area contributed by atoms with Gasteiger partial charge >= 0.3 is 0 Å². The van der Waals surface area contributed by atoms with Gasteiger partial charge in [0, 0.05) is 54.7 Å². The lowest BCUT2D eigenvalue weighted by Gasteiger charge is -2.34. The number of hydrogen-bond donors (Lipinski definition) is 0. The minimum Gasteiger partial charge on any atom is -0.373 e. The summed E-state index contributed by atoms with van der Waals surface area (Å²) in [6, 6.07) is 0. The minimum atomic E-state index is 0.0805. The second-order valence-electron chi connectivity index (χ2n) is 5.61. The third kappa shape index (κ3) is 6.24. The van der Waals surface area contributed by atoms with Crippen LogP contribution in [-0.4, -0.2) is 47.7 Å². The maximum absolute atomic E-state index is 12.1. The van der Waals surface area contributed by atoms with Crippen LogP contribution in [0.2, 0.25) is 0 Å². The van der Waals surface area contributed by atoms with Crippen LogP contribution in [0.5, 0.6) is 0 Å². The highest BCUT2D eigenvalue weighted by Crippen LogP contribution is 2.11. The lowest BCUT2D eigenvalue weighted by atomic mass is 10.0. The fourth-order valence-corrected chi connectivity index (χ4v) is 2.61. The molecular formula is C15H25IN2O2. The Morgan fingerprint density at radius 1 is 1.15 bits per heavy atom. The van der Waals surface area contributed by atoms with Gasteiger partial charge in [-0.3, -0.25) is 9.59 Å². The second kappa shape index (κ2) is 8.64. The standard InChI is InChI=1S/C15H25IN2O2/c1-12(2)14(19)5-4-6-15(20)18-9-7-17(8-10-18)11-13(3)16/h11-12H,4-10H2,1-3H3/b13-11+. The number of carbonyl (C=O) groups is 2. The molecule has 0 radical (unpaired) electrons. The topological polar surface area (TPSA) is 40.6 Å². The SMILES string of the molecule is C/C(I)=C\N1CCN(C(=O)CCCC(=O)C(C)C)CC1. The molecule has 0 bridgehead atoms. The number of Topliss-reactive ketones (excluding diaryl/α,β-unsaturated/α-hetero) is 1. The predicted octanol–water partition coefficient (Wildman–Crippen LogP) is 2.82. The van der Waals surface area contributed by atoms with Crippen molar-refractivity contribution in [1.82, 2.24) is 9.80 Å². The van der Waals surface area contributed by atoms with Crippen molar-refractivity contribution in [1.29, 1.82) is 0 Å². The number of piperazine rings is 1. The molecule has 20 heavy (non-hydrogen) atoms. The Balaban J connectivity index is 2.26. The molecule has 0 spiro atoms. The number of rotatable bonds is 6. The summed E-state index contributed by atoms with van der Waals surface area (Å²) in [6.45, 7) is 9.27. The van der Waals surface area contributed by atoms with Crippen LogP contribution in [0.4, 0.5) is 0 Å². The van der Waals surface area contributed by atoms with E-state index >= 15 is 0 Å². The van der Waals surface area contributed by atoms with Gasteiger partial charge < -0.3 is 9.80 Å². The summed E-state index contributed by atoms with van der Waals surface area (Å²) in [4.78, 5) is 27.7. The number of carbonyl (C=O) groups excluding carboxylic acids is 2. The molecule has 1 aliphatic heterocycles. The zero-order valence-electron chi connectivity index (χ0n) is 12.7. The van der Waals surface area contributed by atoms with Gasteiger partial charge in [0.05, 0.1) is 0 Å². The first-order chi connectivity index (χ1) is 9.40. The monoisotopic (exact) mass is 392 g/mol. The van der Waals surface area contributed by atoms with E-state index in [1.807, 2.05) is 18.7 Å². The van der Waals surface area contributed by atoms with Crippen LogP contribution < -0.4 is 0 Å². The van der Waals surface area contributed by atoms with Crippen LogP contribution >= 0.6 is 22.6 Å². The van der Waals surface area contributed by atoms with Crippen LogP contribution in [0.15, 0.2) is 9.78 Å². The first kappa shape index (κ1) is 17.5. The molecule has 1 heterocycles. The van der Waals surface area contributed by atoms with Gasteiger partial charge in [-0.15, -0.1) is 0 Å². The maximum atomic E-state index is 12.1. The Bertz CT molecular complexity index is 368. The highest BCUT2D eigenvalue weighted by atomic mass is 127. The normalized spacial score (nSPS) is 16.8. The average Bonchev–Trinajstić information content (AvgIpc) is 2.38. The van der Waals surface area contributed by atoms with Crippen molar-refractivity contribution < 1.29 is 9.59 Å². The summed E-state index contributed by atoms with van der Waals surface area (Å²) in [5.74, 6) is 0.526. The fraction of sp³-hybridized carbons (Fsp3) is 0.733. The van der Waals surface area contributed by atoms with Gasteiger partial charge in [-0.25, -0.2) is 0 Å². The van der Waals surface area contributed by atoms with Crippen molar-refractivity contribution in [2.24, 2.45) is 5.92 Å². The summed E-state index contributed by atoms with van der Waals surface area (Å²) in [5, 5.41) is 0. The van der Waals surface area contributed by atoms with Gasteiger partial charge in [0.15, 0.2) is 0 Å². The van der Waals surface area contributed by atoms with Crippen molar-refractivity contribution in [3.8, 4) is 0 Å². The smallest absolute Gasteiger partial charge is 0.222 e.